The predicted molar refractivity (Wildman–Crippen MR) is 64.8 cm³/mol. The van der Waals surface area contributed by atoms with E-state index in [4.69, 9.17) is 5.11 Å². The van der Waals surface area contributed by atoms with Crippen LogP contribution in [-0.2, 0) is 0 Å². The Balaban J connectivity index is 2.00. The zero-order valence-corrected chi connectivity index (χ0v) is 11.3. The van der Waals surface area contributed by atoms with E-state index in [1.165, 1.54) is 0 Å². The molecule has 1 atom stereocenters. The van der Waals surface area contributed by atoms with Crippen LogP contribution in [0.15, 0.2) is 16.7 Å². The summed E-state index contributed by atoms with van der Waals surface area (Å²) >= 11 is 3.23. The summed E-state index contributed by atoms with van der Waals surface area (Å²) in [7, 11) is 0. The summed E-state index contributed by atoms with van der Waals surface area (Å²) in [6.07, 6.45) is -3.65. The highest BCUT2D eigenvalue weighted by Crippen LogP contribution is 2.37. The molecular weight excluding hydrogens is 329 g/mol. The molecule has 2 rings (SSSR count). The smallest absolute Gasteiger partial charge is 0.382 e. The molecular formula is C11H12BrF3N2O2. The number of halogens is 4. The van der Waals surface area contributed by atoms with Crippen LogP contribution in [-0.4, -0.2) is 34.4 Å². The molecule has 1 saturated carbocycles. The molecule has 2 N–H and O–H groups in total. The summed E-state index contributed by atoms with van der Waals surface area (Å²) in [4.78, 5) is 11.8. The van der Waals surface area contributed by atoms with Crippen LogP contribution >= 0.6 is 15.9 Å². The van der Waals surface area contributed by atoms with Gasteiger partial charge in [-0.3, -0.25) is 4.79 Å². The van der Waals surface area contributed by atoms with E-state index in [2.05, 4.69) is 21.2 Å². The van der Waals surface area contributed by atoms with Gasteiger partial charge >= 0.3 is 6.18 Å². The first kappa shape index (κ1) is 14.4. The number of nitrogens with one attached hydrogen (secondary N) is 1. The van der Waals surface area contributed by atoms with Crippen molar-refractivity contribution < 1.29 is 23.1 Å². The van der Waals surface area contributed by atoms with E-state index in [1.54, 1.807) is 16.8 Å². The first-order valence-electron chi connectivity index (χ1n) is 5.69. The lowest BCUT2D eigenvalue weighted by Gasteiger charge is -2.15. The van der Waals surface area contributed by atoms with Gasteiger partial charge in [-0.15, -0.1) is 0 Å². The fourth-order valence-corrected chi connectivity index (χ4v) is 2.12. The number of rotatable bonds is 4. The summed E-state index contributed by atoms with van der Waals surface area (Å²) in [6.45, 7) is -0.851. The maximum atomic E-state index is 12.1. The third-order valence-electron chi connectivity index (χ3n) is 2.82. The molecule has 1 aromatic heterocycles. The molecule has 0 bridgehead atoms. The van der Waals surface area contributed by atoms with Crippen molar-refractivity contribution in [3.63, 3.8) is 0 Å². The lowest BCUT2D eigenvalue weighted by atomic mass is 10.3. The average Bonchev–Trinajstić information content (AvgIpc) is 3.07. The molecule has 0 spiro atoms. The van der Waals surface area contributed by atoms with Crippen molar-refractivity contribution in [2.45, 2.75) is 31.2 Å². The van der Waals surface area contributed by atoms with Crippen LogP contribution < -0.4 is 5.32 Å². The van der Waals surface area contributed by atoms with Crippen molar-refractivity contribution in [2.24, 2.45) is 0 Å². The van der Waals surface area contributed by atoms with E-state index in [0.717, 1.165) is 12.8 Å². The highest BCUT2D eigenvalue weighted by molar-refractivity contribution is 9.10. The van der Waals surface area contributed by atoms with Crippen LogP contribution in [0.5, 0.6) is 0 Å². The number of hydrogen-bond donors (Lipinski definition) is 2. The number of aliphatic hydroxyl groups excluding tert-OH is 1. The molecule has 1 fully saturated rings. The van der Waals surface area contributed by atoms with Gasteiger partial charge < -0.3 is 15.0 Å². The van der Waals surface area contributed by atoms with E-state index in [-0.39, 0.29) is 6.04 Å². The predicted octanol–water partition coefficient (Wildman–Crippen LogP) is 2.24. The quantitative estimate of drug-likeness (QED) is 0.883. The minimum absolute atomic E-state index is 0.236. The zero-order valence-electron chi connectivity index (χ0n) is 9.75. The molecule has 4 nitrogen and oxygen atoms in total. The summed E-state index contributed by atoms with van der Waals surface area (Å²) in [5.74, 6) is -0.624. The Bertz CT molecular complexity index is 483. The number of aromatic nitrogens is 1. The Hall–Kier alpha value is -1.02. The highest BCUT2D eigenvalue weighted by Gasteiger charge is 2.38. The molecule has 106 valence electrons. The summed E-state index contributed by atoms with van der Waals surface area (Å²) < 4.78 is 38.8. The number of aliphatic hydroxyl groups is 1. The molecule has 8 heteroatoms. The lowest BCUT2D eigenvalue weighted by molar-refractivity contribution is -0.201. The molecule has 0 aromatic carbocycles. The minimum Gasteiger partial charge on any atom is -0.382 e. The van der Waals surface area contributed by atoms with Gasteiger partial charge in [0.05, 0.1) is 6.54 Å². The van der Waals surface area contributed by atoms with E-state index in [9.17, 15) is 18.0 Å². The Morgan fingerprint density at radius 1 is 1.58 bits per heavy atom. The van der Waals surface area contributed by atoms with Crippen molar-refractivity contribution >= 4 is 21.8 Å². The van der Waals surface area contributed by atoms with Gasteiger partial charge in [-0.25, -0.2) is 0 Å². The molecule has 1 heterocycles. The van der Waals surface area contributed by atoms with Gasteiger partial charge in [0.2, 0.25) is 0 Å². The van der Waals surface area contributed by atoms with Crippen molar-refractivity contribution in [3.05, 3.63) is 22.4 Å². The molecule has 0 saturated heterocycles. The minimum atomic E-state index is -4.73. The summed E-state index contributed by atoms with van der Waals surface area (Å²) in [6, 6.07) is 1.78. The topological polar surface area (TPSA) is 54.3 Å². The zero-order chi connectivity index (χ0) is 14.2. The number of carbonyl (C=O) groups excluding carboxylic acids is 1. The number of carbonyl (C=O) groups is 1. The van der Waals surface area contributed by atoms with Crippen LogP contribution in [0.4, 0.5) is 13.2 Å². The molecule has 0 radical (unpaired) electrons. The molecule has 1 aliphatic carbocycles. The number of nitrogens with zero attached hydrogens (tertiary/aromatic N) is 1. The maximum Gasteiger partial charge on any atom is 0.416 e. The van der Waals surface area contributed by atoms with Crippen LogP contribution in [0.1, 0.15) is 29.4 Å². The van der Waals surface area contributed by atoms with Gasteiger partial charge in [0, 0.05) is 16.7 Å². The second-order valence-electron chi connectivity index (χ2n) is 4.45. The van der Waals surface area contributed by atoms with E-state index >= 15 is 0 Å². The second-order valence-corrected chi connectivity index (χ2v) is 5.37. The standard InChI is InChI=1S/C11H12BrF3N2O2/c12-6-3-8(17(5-6)7-1-2-7)10(19)16-4-9(18)11(13,14)15/h3,5,7,9,18H,1-2,4H2,(H,16,19). The van der Waals surface area contributed by atoms with Crippen LogP contribution in [0.25, 0.3) is 0 Å². The van der Waals surface area contributed by atoms with Crippen LogP contribution in [0, 0.1) is 0 Å². The van der Waals surface area contributed by atoms with Crippen molar-refractivity contribution in [1.82, 2.24) is 9.88 Å². The molecule has 1 aliphatic rings. The van der Waals surface area contributed by atoms with Crippen molar-refractivity contribution in [3.8, 4) is 0 Å². The SMILES string of the molecule is O=C(NCC(O)C(F)(F)F)c1cc(Br)cn1C1CC1. The molecule has 1 amide bonds. The van der Waals surface area contributed by atoms with Crippen molar-refractivity contribution in [1.29, 1.82) is 0 Å². The fourth-order valence-electron chi connectivity index (χ4n) is 1.68. The molecule has 1 aromatic rings. The largest absolute Gasteiger partial charge is 0.416 e. The molecule has 1 unspecified atom stereocenters. The third kappa shape index (κ3) is 3.50. The fraction of sp³-hybridized carbons (Fsp3) is 0.545. The maximum absolute atomic E-state index is 12.1. The van der Waals surface area contributed by atoms with Crippen LogP contribution in [0.3, 0.4) is 0 Å². The number of amides is 1. The number of alkyl halides is 3. The average molecular weight is 341 g/mol. The van der Waals surface area contributed by atoms with Gasteiger partial charge in [0.1, 0.15) is 5.69 Å². The van der Waals surface area contributed by atoms with Gasteiger partial charge in [-0.05, 0) is 34.8 Å². The second kappa shape index (κ2) is 5.16. The lowest BCUT2D eigenvalue weighted by Crippen LogP contribution is -2.41. The first-order valence-corrected chi connectivity index (χ1v) is 6.48. The van der Waals surface area contributed by atoms with Gasteiger partial charge in [-0.2, -0.15) is 13.2 Å². The highest BCUT2D eigenvalue weighted by atomic mass is 79.9. The summed E-state index contributed by atoms with van der Waals surface area (Å²) in [5.41, 5.74) is 0.295. The van der Waals surface area contributed by atoms with Gasteiger partial charge in [0.15, 0.2) is 6.10 Å². The Morgan fingerprint density at radius 3 is 2.74 bits per heavy atom. The van der Waals surface area contributed by atoms with E-state index in [0.29, 0.717) is 10.2 Å². The number of hydrogen-bond acceptors (Lipinski definition) is 2. The van der Waals surface area contributed by atoms with Crippen molar-refractivity contribution in [2.75, 3.05) is 6.54 Å². The van der Waals surface area contributed by atoms with E-state index in [1.807, 2.05) is 0 Å². The summed E-state index contributed by atoms with van der Waals surface area (Å²) in [5, 5.41) is 10.9. The first-order chi connectivity index (χ1) is 8.79. The monoisotopic (exact) mass is 340 g/mol. The van der Waals surface area contributed by atoms with Crippen LogP contribution in [0.2, 0.25) is 0 Å². The molecule has 0 aliphatic heterocycles. The Labute approximate surface area is 115 Å². The van der Waals surface area contributed by atoms with E-state index < -0.39 is 24.7 Å². The third-order valence-corrected chi connectivity index (χ3v) is 3.26. The molecule has 19 heavy (non-hydrogen) atoms. The normalized spacial score (nSPS) is 17.3. The Kier molecular flexibility index (Phi) is 3.91. The Morgan fingerprint density at radius 2 is 2.21 bits per heavy atom. The van der Waals surface area contributed by atoms with Gasteiger partial charge in [0.25, 0.3) is 5.91 Å². The van der Waals surface area contributed by atoms with Gasteiger partial charge in [-0.1, -0.05) is 0 Å².